The third-order valence-electron chi connectivity index (χ3n) is 3.65. The molecule has 1 fully saturated rings. The van der Waals surface area contributed by atoms with Crippen LogP contribution in [0.25, 0.3) is 0 Å². The highest BCUT2D eigenvalue weighted by molar-refractivity contribution is 7.92. The van der Waals surface area contributed by atoms with Crippen LogP contribution in [0.2, 0.25) is 0 Å². The summed E-state index contributed by atoms with van der Waals surface area (Å²) in [5.41, 5.74) is 0. The van der Waals surface area contributed by atoms with E-state index in [0.29, 0.717) is 0 Å². The zero-order valence-corrected chi connectivity index (χ0v) is 14.4. The number of sulfone groups is 1. The van der Waals surface area contributed by atoms with Crippen molar-refractivity contribution in [3.05, 3.63) is 0 Å². The molecule has 0 bridgehead atoms. The largest absolute Gasteiger partial charge is 0.393 e. The Morgan fingerprint density at radius 1 is 1.33 bits per heavy atom. The predicted octanol–water partition coefficient (Wildman–Crippen LogP) is 0.622. The molecule has 0 aromatic heterocycles. The SMILES string of the molecule is CCNC(=NCCS(=O)(=O)C(C)(C)C)N1CCC(O)CC1. The van der Waals surface area contributed by atoms with Crippen LogP contribution in [-0.2, 0) is 9.84 Å². The van der Waals surface area contributed by atoms with Crippen molar-refractivity contribution in [3.8, 4) is 0 Å². The Labute approximate surface area is 128 Å². The van der Waals surface area contributed by atoms with Gasteiger partial charge in [0.15, 0.2) is 15.8 Å². The zero-order chi connectivity index (χ0) is 16.1. The number of aliphatic imine (C=N–C) groups is 1. The second-order valence-electron chi connectivity index (χ2n) is 6.39. The van der Waals surface area contributed by atoms with Crippen LogP contribution < -0.4 is 5.32 Å². The number of piperidine rings is 1. The van der Waals surface area contributed by atoms with Gasteiger partial charge in [-0.1, -0.05) is 0 Å². The Morgan fingerprint density at radius 3 is 2.38 bits per heavy atom. The van der Waals surface area contributed by atoms with Gasteiger partial charge in [-0.15, -0.1) is 0 Å². The van der Waals surface area contributed by atoms with E-state index in [1.807, 2.05) is 6.92 Å². The van der Waals surface area contributed by atoms with Crippen LogP contribution in [0.3, 0.4) is 0 Å². The van der Waals surface area contributed by atoms with E-state index in [-0.39, 0.29) is 18.4 Å². The van der Waals surface area contributed by atoms with E-state index in [1.165, 1.54) is 0 Å². The molecule has 0 unspecified atom stereocenters. The fraction of sp³-hybridized carbons (Fsp3) is 0.929. The van der Waals surface area contributed by atoms with Crippen LogP contribution in [0, 0.1) is 0 Å². The van der Waals surface area contributed by atoms with Crippen molar-refractivity contribution in [2.24, 2.45) is 4.99 Å². The molecular weight excluding hydrogens is 290 g/mol. The Morgan fingerprint density at radius 2 is 1.90 bits per heavy atom. The van der Waals surface area contributed by atoms with E-state index < -0.39 is 14.6 Å². The van der Waals surface area contributed by atoms with Crippen LogP contribution in [0.5, 0.6) is 0 Å². The van der Waals surface area contributed by atoms with Crippen molar-refractivity contribution in [2.45, 2.75) is 51.4 Å². The highest BCUT2D eigenvalue weighted by Gasteiger charge is 2.28. The number of guanidine groups is 1. The summed E-state index contributed by atoms with van der Waals surface area (Å²) in [5, 5.41) is 12.7. The number of hydrogen-bond donors (Lipinski definition) is 2. The standard InChI is InChI=1S/C14H29N3O3S/c1-5-15-13(17-9-6-12(18)7-10-17)16-8-11-21(19,20)14(2,3)4/h12,18H,5-11H2,1-4H3,(H,15,16). The van der Waals surface area contributed by atoms with Gasteiger partial charge in [-0.25, -0.2) is 8.42 Å². The first kappa shape index (κ1) is 18.2. The second-order valence-corrected chi connectivity index (χ2v) is 9.25. The molecule has 6 nitrogen and oxygen atoms in total. The van der Waals surface area contributed by atoms with E-state index in [0.717, 1.165) is 38.4 Å². The number of nitrogens with zero attached hydrogens (tertiary/aromatic N) is 2. The van der Waals surface area contributed by atoms with Crippen LogP contribution in [-0.4, -0.2) is 67.2 Å². The normalized spacial score (nSPS) is 18.9. The number of nitrogens with one attached hydrogen (secondary N) is 1. The molecule has 0 aromatic carbocycles. The summed E-state index contributed by atoms with van der Waals surface area (Å²) < 4.78 is 23.4. The first-order valence-electron chi connectivity index (χ1n) is 7.61. The van der Waals surface area contributed by atoms with E-state index in [2.05, 4.69) is 15.2 Å². The molecule has 1 saturated heterocycles. The molecular formula is C14H29N3O3S. The molecule has 0 radical (unpaired) electrons. The summed E-state index contributed by atoms with van der Waals surface area (Å²) in [4.78, 5) is 6.51. The van der Waals surface area contributed by atoms with Crippen LogP contribution in [0.15, 0.2) is 4.99 Å². The molecule has 1 heterocycles. The van der Waals surface area contributed by atoms with Crippen molar-refractivity contribution < 1.29 is 13.5 Å². The average molecular weight is 319 g/mol. The van der Waals surface area contributed by atoms with Gasteiger partial charge in [-0.2, -0.15) is 0 Å². The van der Waals surface area contributed by atoms with Crippen LogP contribution in [0.4, 0.5) is 0 Å². The molecule has 0 atom stereocenters. The lowest BCUT2D eigenvalue weighted by Gasteiger charge is -2.32. The molecule has 1 aliphatic rings. The Kier molecular flexibility index (Phi) is 6.46. The summed E-state index contributed by atoms with van der Waals surface area (Å²) in [6, 6.07) is 0. The fourth-order valence-corrected chi connectivity index (χ4v) is 3.03. The quantitative estimate of drug-likeness (QED) is 0.586. The van der Waals surface area contributed by atoms with E-state index in [4.69, 9.17) is 0 Å². The molecule has 7 heteroatoms. The van der Waals surface area contributed by atoms with Crippen molar-refractivity contribution in [1.29, 1.82) is 0 Å². The minimum Gasteiger partial charge on any atom is -0.393 e. The fourth-order valence-electron chi connectivity index (χ4n) is 2.08. The number of hydrogen-bond acceptors (Lipinski definition) is 4. The molecule has 1 rings (SSSR count). The number of aliphatic hydroxyl groups excluding tert-OH is 1. The van der Waals surface area contributed by atoms with Gasteiger partial charge >= 0.3 is 0 Å². The number of rotatable bonds is 4. The molecule has 1 aliphatic heterocycles. The van der Waals surface area contributed by atoms with E-state index >= 15 is 0 Å². The van der Waals surface area contributed by atoms with Crippen molar-refractivity contribution in [3.63, 3.8) is 0 Å². The summed E-state index contributed by atoms with van der Waals surface area (Å²) >= 11 is 0. The highest BCUT2D eigenvalue weighted by atomic mass is 32.2. The Bertz CT molecular complexity index is 447. The average Bonchev–Trinajstić information content (AvgIpc) is 2.37. The van der Waals surface area contributed by atoms with Gasteiger partial charge in [0.1, 0.15) is 0 Å². The first-order chi connectivity index (χ1) is 9.67. The molecule has 2 N–H and O–H groups in total. The van der Waals surface area contributed by atoms with Crippen LogP contribution >= 0.6 is 0 Å². The van der Waals surface area contributed by atoms with E-state index in [1.54, 1.807) is 20.8 Å². The van der Waals surface area contributed by atoms with Crippen molar-refractivity contribution >= 4 is 15.8 Å². The van der Waals surface area contributed by atoms with Gasteiger partial charge in [0, 0.05) is 19.6 Å². The topological polar surface area (TPSA) is 82.0 Å². The maximum absolute atomic E-state index is 12.1. The number of aliphatic hydroxyl groups is 1. The van der Waals surface area contributed by atoms with Gasteiger partial charge in [0.2, 0.25) is 0 Å². The third kappa shape index (κ3) is 5.47. The highest BCUT2D eigenvalue weighted by Crippen LogP contribution is 2.16. The second kappa shape index (κ2) is 7.45. The van der Waals surface area contributed by atoms with E-state index in [9.17, 15) is 13.5 Å². The lowest BCUT2D eigenvalue weighted by Crippen LogP contribution is -2.46. The smallest absolute Gasteiger partial charge is 0.193 e. The van der Waals surface area contributed by atoms with Crippen molar-refractivity contribution in [1.82, 2.24) is 10.2 Å². The first-order valence-corrected chi connectivity index (χ1v) is 9.26. The summed E-state index contributed by atoms with van der Waals surface area (Å²) in [6.45, 7) is 9.62. The zero-order valence-electron chi connectivity index (χ0n) is 13.6. The summed E-state index contributed by atoms with van der Waals surface area (Å²) in [7, 11) is -3.14. The van der Waals surface area contributed by atoms with Gasteiger partial charge in [-0.05, 0) is 40.5 Å². The molecule has 0 saturated carbocycles. The van der Waals surface area contributed by atoms with Gasteiger partial charge in [0.05, 0.1) is 23.1 Å². The van der Waals surface area contributed by atoms with Crippen LogP contribution in [0.1, 0.15) is 40.5 Å². The number of likely N-dealkylation sites (tertiary alicyclic amines) is 1. The lowest BCUT2D eigenvalue weighted by atomic mass is 10.1. The molecule has 0 spiro atoms. The maximum atomic E-state index is 12.1. The molecule has 0 amide bonds. The van der Waals surface area contributed by atoms with Crippen molar-refractivity contribution in [2.75, 3.05) is 31.9 Å². The minimum atomic E-state index is -3.14. The third-order valence-corrected chi connectivity index (χ3v) is 6.24. The molecule has 0 aliphatic carbocycles. The maximum Gasteiger partial charge on any atom is 0.193 e. The van der Waals surface area contributed by atoms with Gasteiger partial charge in [0.25, 0.3) is 0 Å². The monoisotopic (exact) mass is 319 g/mol. The molecule has 21 heavy (non-hydrogen) atoms. The Hall–Kier alpha value is -0.820. The Balaban J connectivity index is 2.65. The lowest BCUT2D eigenvalue weighted by molar-refractivity contribution is 0.108. The summed E-state index contributed by atoms with van der Waals surface area (Å²) in [6.07, 6.45) is 1.22. The van der Waals surface area contributed by atoms with Gasteiger partial charge < -0.3 is 15.3 Å². The van der Waals surface area contributed by atoms with Gasteiger partial charge in [-0.3, -0.25) is 4.99 Å². The molecule has 0 aromatic rings. The molecule has 124 valence electrons. The predicted molar refractivity (Wildman–Crippen MR) is 86.3 cm³/mol. The minimum absolute atomic E-state index is 0.0574. The summed E-state index contributed by atoms with van der Waals surface area (Å²) in [5.74, 6) is 0.801.